The minimum absolute atomic E-state index is 0.0969. The average Bonchev–Trinajstić information content (AvgIpc) is 2.80. The normalized spacial score (nSPS) is 10.2. The number of anilines is 2. The molecule has 0 saturated heterocycles. The van der Waals surface area contributed by atoms with E-state index in [0.717, 1.165) is 19.3 Å². The Morgan fingerprint density at radius 2 is 1.41 bits per heavy atom. The summed E-state index contributed by atoms with van der Waals surface area (Å²) in [6.07, 6.45) is 2.63. The van der Waals surface area contributed by atoms with Crippen molar-refractivity contribution in [2.45, 2.75) is 39.0 Å². The van der Waals surface area contributed by atoms with Crippen LogP contribution in [0.5, 0.6) is 0 Å². The summed E-state index contributed by atoms with van der Waals surface area (Å²) in [5.74, 6) is -1.90. The van der Waals surface area contributed by atoms with E-state index in [0.29, 0.717) is 23.5 Å². The fraction of sp³-hybridized carbons (Fsp3) is 0.333. The Morgan fingerprint density at radius 3 is 2.09 bits per heavy atom. The number of ether oxygens (including phenoxy) is 2. The van der Waals surface area contributed by atoms with Crippen molar-refractivity contribution in [2.24, 2.45) is 0 Å². The SMILES string of the molecule is CCCCCOC(=O)c1ccc(NC(=O)CCC(=O)OCC(=O)Nc2ccccc2)cc1. The smallest absolute Gasteiger partial charge is 0.338 e. The molecule has 0 saturated carbocycles. The Labute approximate surface area is 187 Å². The van der Waals surface area contributed by atoms with Gasteiger partial charge in [-0.2, -0.15) is 0 Å². The maximum absolute atomic E-state index is 12.0. The highest BCUT2D eigenvalue weighted by Gasteiger charge is 2.12. The molecular formula is C24H28N2O6. The number of carbonyl (C=O) groups excluding carboxylic acids is 4. The number of para-hydroxylation sites is 1. The topological polar surface area (TPSA) is 111 Å². The molecule has 0 aliphatic heterocycles. The molecule has 0 spiro atoms. The molecule has 0 atom stereocenters. The van der Waals surface area contributed by atoms with Crippen LogP contribution in [0.25, 0.3) is 0 Å². The highest BCUT2D eigenvalue weighted by Crippen LogP contribution is 2.12. The second kappa shape index (κ2) is 13.6. The van der Waals surface area contributed by atoms with E-state index in [9.17, 15) is 19.2 Å². The lowest BCUT2D eigenvalue weighted by atomic mass is 10.2. The van der Waals surface area contributed by atoms with Gasteiger partial charge in [-0.05, 0) is 42.8 Å². The third-order valence-electron chi connectivity index (χ3n) is 4.36. The Morgan fingerprint density at radius 1 is 0.750 bits per heavy atom. The zero-order chi connectivity index (χ0) is 23.2. The van der Waals surface area contributed by atoms with Gasteiger partial charge in [0.25, 0.3) is 5.91 Å². The molecule has 8 nitrogen and oxygen atoms in total. The van der Waals surface area contributed by atoms with E-state index in [4.69, 9.17) is 9.47 Å². The van der Waals surface area contributed by atoms with Gasteiger partial charge in [-0.3, -0.25) is 14.4 Å². The molecule has 0 radical (unpaired) electrons. The lowest BCUT2D eigenvalue weighted by Crippen LogP contribution is -2.21. The van der Waals surface area contributed by atoms with Gasteiger partial charge in [0, 0.05) is 17.8 Å². The Bertz CT molecular complexity index is 896. The first-order valence-electron chi connectivity index (χ1n) is 10.6. The monoisotopic (exact) mass is 440 g/mol. The summed E-state index contributed by atoms with van der Waals surface area (Å²) < 4.78 is 10.1. The van der Waals surface area contributed by atoms with E-state index in [2.05, 4.69) is 17.6 Å². The maximum Gasteiger partial charge on any atom is 0.338 e. The van der Waals surface area contributed by atoms with Gasteiger partial charge in [0.2, 0.25) is 5.91 Å². The van der Waals surface area contributed by atoms with Crippen LogP contribution in [0.1, 0.15) is 49.4 Å². The number of esters is 2. The summed E-state index contributed by atoms with van der Waals surface area (Å²) in [5.41, 5.74) is 1.49. The molecule has 2 rings (SSSR count). The predicted molar refractivity (Wildman–Crippen MR) is 120 cm³/mol. The average molecular weight is 440 g/mol. The summed E-state index contributed by atoms with van der Waals surface area (Å²) in [4.78, 5) is 47.5. The number of amides is 2. The Kier molecular flexibility index (Phi) is 10.4. The van der Waals surface area contributed by atoms with E-state index in [1.807, 2.05) is 6.07 Å². The molecule has 2 amide bonds. The van der Waals surface area contributed by atoms with Crippen molar-refractivity contribution in [3.8, 4) is 0 Å². The molecule has 32 heavy (non-hydrogen) atoms. The van der Waals surface area contributed by atoms with E-state index in [1.165, 1.54) is 0 Å². The second-order valence-electron chi connectivity index (χ2n) is 7.04. The molecule has 0 unspecified atom stereocenters. The first-order chi connectivity index (χ1) is 15.5. The lowest BCUT2D eigenvalue weighted by Gasteiger charge is -2.08. The van der Waals surface area contributed by atoms with Gasteiger partial charge in [-0.25, -0.2) is 4.79 Å². The van der Waals surface area contributed by atoms with Gasteiger partial charge in [-0.1, -0.05) is 38.0 Å². The van der Waals surface area contributed by atoms with Crippen LogP contribution in [-0.2, 0) is 23.9 Å². The molecule has 2 aromatic rings. The molecule has 2 N–H and O–H groups in total. The number of rotatable bonds is 12. The van der Waals surface area contributed by atoms with Crippen molar-refractivity contribution in [1.29, 1.82) is 0 Å². The number of benzene rings is 2. The second-order valence-corrected chi connectivity index (χ2v) is 7.04. The first kappa shape index (κ1) is 24.6. The van der Waals surface area contributed by atoms with Crippen LogP contribution in [-0.4, -0.2) is 37.0 Å². The molecule has 0 heterocycles. The Hall–Kier alpha value is -3.68. The molecular weight excluding hydrogens is 412 g/mol. The summed E-state index contributed by atoms with van der Waals surface area (Å²) in [6, 6.07) is 15.1. The highest BCUT2D eigenvalue weighted by molar-refractivity contribution is 5.95. The Balaban J connectivity index is 1.66. The quantitative estimate of drug-likeness (QED) is 0.382. The molecule has 0 bridgehead atoms. The van der Waals surface area contributed by atoms with Gasteiger partial charge < -0.3 is 20.1 Å². The molecule has 0 aliphatic carbocycles. The van der Waals surface area contributed by atoms with E-state index in [1.54, 1.807) is 48.5 Å². The van der Waals surface area contributed by atoms with Crippen molar-refractivity contribution in [2.75, 3.05) is 23.8 Å². The molecule has 8 heteroatoms. The van der Waals surface area contributed by atoms with Crippen LogP contribution in [0.3, 0.4) is 0 Å². The number of unbranched alkanes of at least 4 members (excludes halogenated alkanes) is 2. The zero-order valence-electron chi connectivity index (χ0n) is 18.1. The van der Waals surface area contributed by atoms with Crippen LogP contribution in [0.4, 0.5) is 11.4 Å². The number of nitrogens with one attached hydrogen (secondary N) is 2. The standard InChI is InChI=1S/C24H28N2O6/c1-2-3-7-16-31-24(30)18-10-12-20(13-11-18)25-21(27)14-15-23(29)32-17-22(28)26-19-8-5-4-6-9-19/h4-6,8-13H,2-3,7,14-17H2,1H3,(H,25,27)(H,26,28). The van der Waals surface area contributed by atoms with Gasteiger partial charge >= 0.3 is 11.9 Å². The lowest BCUT2D eigenvalue weighted by molar-refractivity contribution is -0.147. The first-order valence-corrected chi connectivity index (χ1v) is 10.6. The third kappa shape index (κ3) is 9.42. The molecule has 0 aromatic heterocycles. The van der Waals surface area contributed by atoms with Crippen molar-refractivity contribution in [3.05, 3.63) is 60.2 Å². The minimum atomic E-state index is -0.649. The molecule has 170 valence electrons. The third-order valence-corrected chi connectivity index (χ3v) is 4.36. The van der Waals surface area contributed by atoms with Crippen LogP contribution in [0.15, 0.2) is 54.6 Å². The molecule has 2 aromatic carbocycles. The van der Waals surface area contributed by atoms with Gasteiger partial charge in [-0.15, -0.1) is 0 Å². The van der Waals surface area contributed by atoms with Crippen LogP contribution >= 0.6 is 0 Å². The summed E-state index contributed by atoms with van der Waals surface area (Å²) in [5, 5.41) is 5.24. The van der Waals surface area contributed by atoms with Crippen LogP contribution in [0, 0.1) is 0 Å². The minimum Gasteiger partial charge on any atom is -0.462 e. The van der Waals surface area contributed by atoms with Crippen LogP contribution < -0.4 is 10.6 Å². The maximum atomic E-state index is 12.0. The largest absolute Gasteiger partial charge is 0.462 e. The summed E-state index contributed by atoms with van der Waals surface area (Å²) in [7, 11) is 0. The van der Waals surface area contributed by atoms with E-state index >= 15 is 0 Å². The van der Waals surface area contributed by atoms with Gasteiger partial charge in [0.15, 0.2) is 6.61 Å². The fourth-order valence-corrected chi connectivity index (χ4v) is 2.67. The molecule has 0 fully saturated rings. The van der Waals surface area contributed by atoms with Crippen molar-refractivity contribution in [1.82, 2.24) is 0 Å². The van der Waals surface area contributed by atoms with Gasteiger partial charge in [0.1, 0.15) is 0 Å². The highest BCUT2D eigenvalue weighted by atomic mass is 16.5. The summed E-state index contributed by atoms with van der Waals surface area (Å²) >= 11 is 0. The number of hydrogen-bond donors (Lipinski definition) is 2. The number of hydrogen-bond acceptors (Lipinski definition) is 6. The predicted octanol–water partition coefficient (Wildman–Crippen LogP) is 3.93. The zero-order valence-corrected chi connectivity index (χ0v) is 18.1. The van der Waals surface area contributed by atoms with E-state index in [-0.39, 0.29) is 18.7 Å². The van der Waals surface area contributed by atoms with Gasteiger partial charge in [0.05, 0.1) is 18.6 Å². The summed E-state index contributed by atoms with van der Waals surface area (Å²) in [6.45, 7) is 2.03. The van der Waals surface area contributed by atoms with Crippen molar-refractivity contribution >= 4 is 35.1 Å². The van der Waals surface area contributed by atoms with Crippen molar-refractivity contribution in [3.63, 3.8) is 0 Å². The van der Waals surface area contributed by atoms with Crippen LogP contribution in [0.2, 0.25) is 0 Å². The van der Waals surface area contributed by atoms with Crippen molar-refractivity contribution < 1.29 is 28.7 Å². The fourth-order valence-electron chi connectivity index (χ4n) is 2.67. The molecule has 0 aliphatic rings. The van der Waals surface area contributed by atoms with E-state index < -0.39 is 24.5 Å². The number of carbonyl (C=O) groups is 4.